The van der Waals surface area contributed by atoms with Crippen LogP contribution in [0.15, 0.2) is 18.2 Å². The van der Waals surface area contributed by atoms with Crippen LogP contribution in [0.3, 0.4) is 0 Å². The quantitative estimate of drug-likeness (QED) is 0.859. The molecule has 5 heteroatoms. The summed E-state index contributed by atoms with van der Waals surface area (Å²) in [7, 11) is 4.21. The number of nitrogens with zero attached hydrogens (tertiary/aromatic N) is 2. The molecule has 2 heterocycles. The minimum atomic E-state index is 0.0910. The Kier molecular flexibility index (Phi) is 5.69. The highest BCUT2D eigenvalue weighted by molar-refractivity contribution is 5.79. The van der Waals surface area contributed by atoms with E-state index in [1.165, 1.54) is 30.4 Å². The van der Waals surface area contributed by atoms with E-state index in [9.17, 15) is 4.79 Å². The third-order valence-electron chi connectivity index (χ3n) is 6.55. The Balaban J connectivity index is 1.28. The smallest absolute Gasteiger partial charge is 0.227 e. The first-order valence-corrected chi connectivity index (χ1v) is 10.5. The Morgan fingerprint density at radius 2 is 2.11 bits per heavy atom. The molecule has 0 saturated carbocycles. The highest BCUT2D eigenvalue weighted by Crippen LogP contribution is 2.27. The Labute approximate surface area is 163 Å². The summed E-state index contributed by atoms with van der Waals surface area (Å²) in [6, 6.07) is 7.04. The van der Waals surface area contributed by atoms with Crippen LogP contribution in [0.25, 0.3) is 0 Å². The van der Waals surface area contributed by atoms with Crippen LogP contribution in [0, 0.1) is 11.8 Å². The molecular formula is C22H33N3O2. The van der Waals surface area contributed by atoms with Gasteiger partial charge in [-0.25, -0.2) is 0 Å². The van der Waals surface area contributed by atoms with Gasteiger partial charge in [-0.1, -0.05) is 6.07 Å². The zero-order valence-electron chi connectivity index (χ0n) is 16.7. The van der Waals surface area contributed by atoms with Gasteiger partial charge in [0.15, 0.2) is 0 Å². The van der Waals surface area contributed by atoms with Gasteiger partial charge >= 0.3 is 0 Å². The molecule has 2 aliphatic heterocycles. The number of amides is 1. The Morgan fingerprint density at radius 1 is 1.26 bits per heavy atom. The third kappa shape index (κ3) is 4.30. The van der Waals surface area contributed by atoms with Gasteiger partial charge in [0.1, 0.15) is 5.75 Å². The molecule has 1 N–H and O–H groups in total. The molecule has 0 spiro atoms. The van der Waals surface area contributed by atoms with Gasteiger partial charge in [-0.2, -0.15) is 0 Å². The normalized spacial score (nSPS) is 27.8. The van der Waals surface area contributed by atoms with Crippen LogP contribution in [0.4, 0.5) is 0 Å². The second-order valence-electron chi connectivity index (χ2n) is 8.74. The minimum absolute atomic E-state index is 0.0910. The van der Waals surface area contributed by atoms with Gasteiger partial charge < -0.3 is 19.9 Å². The van der Waals surface area contributed by atoms with Gasteiger partial charge in [0.25, 0.3) is 0 Å². The highest BCUT2D eigenvalue weighted by atomic mass is 16.5. The molecule has 148 valence electrons. The number of likely N-dealkylation sites (tertiary alicyclic amines) is 1. The van der Waals surface area contributed by atoms with E-state index in [0.717, 1.165) is 44.8 Å². The molecule has 0 bridgehead atoms. The van der Waals surface area contributed by atoms with Crippen LogP contribution in [0.1, 0.15) is 30.4 Å². The molecule has 1 aromatic carbocycles. The summed E-state index contributed by atoms with van der Waals surface area (Å²) >= 11 is 0. The molecule has 2 fully saturated rings. The number of nitrogens with one attached hydrogen (secondary N) is 1. The second-order valence-corrected chi connectivity index (χ2v) is 8.74. The lowest BCUT2D eigenvalue weighted by Gasteiger charge is -2.32. The molecule has 3 aliphatic rings. The molecule has 0 aromatic heterocycles. The van der Waals surface area contributed by atoms with Gasteiger partial charge in [0.05, 0.1) is 12.5 Å². The first-order chi connectivity index (χ1) is 13.1. The maximum Gasteiger partial charge on any atom is 0.227 e. The van der Waals surface area contributed by atoms with E-state index < -0.39 is 0 Å². The number of aryl methyl sites for hydroxylation is 2. The number of hydrogen-bond donors (Lipinski definition) is 1. The first kappa shape index (κ1) is 18.8. The van der Waals surface area contributed by atoms with E-state index in [2.05, 4.69) is 47.4 Å². The summed E-state index contributed by atoms with van der Waals surface area (Å²) in [5.41, 5.74) is 2.93. The van der Waals surface area contributed by atoms with Crippen LogP contribution in [0.5, 0.6) is 5.75 Å². The van der Waals surface area contributed by atoms with Gasteiger partial charge in [0.2, 0.25) is 5.91 Å². The van der Waals surface area contributed by atoms with Crippen molar-refractivity contribution in [1.29, 1.82) is 0 Å². The van der Waals surface area contributed by atoms with E-state index >= 15 is 0 Å². The molecule has 2 saturated heterocycles. The number of likely N-dealkylation sites (N-methyl/N-ethyl adjacent to an activating group) is 1. The van der Waals surface area contributed by atoms with Crippen molar-refractivity contribution in [3.8, 4) is 5.75 Å². The fourth-order valence-electron chi connectivity index (χ4n) is 4.82. The van der Waals surface area contributed by atoms with Crippen molar-refractivity contribution in [1.82, 2.24) is 15.1 Å². The monoisotopic (exact) mass is 371 g/mol. The molecule has 1 aromatic rings. The fraction of sp³-hybridized carbons (Fsp3) is 0.682. The van der Waals surface area contributed by atoms with E-state index in [4.69, 9.17) is 4.74 Å². The van der Waals surface area contributed by atoms with Crippen molar-refractivity contribution in [2.45, 2.75) is 38.1 Å². The summed E-state index contributed by atoms with van der Waals surface area (Å²) in [5.74, 6) is 1.80. The van der Waals surface area contributed by atoms with Crippen molar-refractivity contribution in [3.63, 3.8) is 0 Å². The molecular weight excluding hydrogens is 338 g/mol. The lowest BCUT2D eigenvalue weighted by Crippen LogP contribution is -2.46. The number of hydrogen-bond acceptors (Lipinski definition) is 4. The summed E-state index contributed by atoms with van der Waals surface area (Å²) in [6.45, 7) is 4.20. The molecule has 0 unspecified atom stereocenters. The van der Waals surface area contributed by atoms with Crippen LogP contribution in [-0.2, 0) is 17.6 Å². The van der Waals surface area contributed by atoms with Crippen LogP contribution in [-0.4, -0.2) is 68.6 Å². The summed E-state index contributed by atoms with van der Waals surface area (Å²) in [6.07, 6.45) is 5.67. The lowest BCUT2D eigenvalue weighted by molar-refractivity contribution is -0.135. The number of carbonyl (C=O) groups is 1. The topological polar surface area (TPSA) is 44.8 Å². The molecule has 5 nitrogen and oxygen atoms in total. The standard InChI is InChI=1S/C22H33N3O2/c1-24(2)20-8-9-25(14-20)22(26)19-10-16(12-23-13-19)15-27-21-7-6-17-4-3-5-18(17)11-21/h6-7,11,16,19-20,23H,3-5,8-10,12-15H2,1-2H3/t16-,19+,20-/m0/s1. The third-order valence-corrected chi connectivity index (χ3v) is 6.55. The number of rotatable bonds is 5. The summed E-state index contributed by atoms with van der Waals surface area (Å²) in [5, 5.41) is 3.46. The van der Waals surface area contributed by atoms with E-state index in [-0.39, 0.29) is 5.92 Å². The zero-order valence-corrected chi connectivity index (χ0v) is 16.7. The van der Waals surface area contributed by atoms with Crippen molar-refractivity contribution >= 4 is 5.91 Å². The van der Waals surface area contributed by atoms with Gasteiger partial charge in [-0.3, -0.25) is 4.79 Å². The van der Waals surface area contributed by atoms with Crippen molar-refractivity contribution in [3.05, 3.63) is 29.3 Å². The van der Waals surface area contributed by atoms with E-state index in [1.807, 2.05) is 0 Å². The predicted molar refractivity (Wildman–Crippen MR) is 107 cm³/mol. The van der Waals surface area contributed by atoms with Gasteiger partial charge in [-0.15, -0.1) is 0 Å². The zero-order chi connectivity index (χ0) is 18.8. The number of carbonyl (C=O) groups excluding carboxylic acids is 1. The Hall–Kier alpha value is -1.59. The highest BCUT2D eigenvalue weighted by Gasteiger charge is 2.34. The number of fused-ring (bicyclic) bond motifs is 1. The average molecular weight is 372 g/mol. The van der Waals surface area contributed by atoms with E-state index in [0.29, 0.717) is 24.5 Å². The van der Waals surface area contributed by atoms with Gasteiger partial charge in [-0.05, 0) is 69.5 Å². The number of ether oxygens (including phenoxy) is 1. The van der Waals surface area contributed by atoms with E-state index in [1.54, 1.807) is 0 Å². The predicted octanol–water partition coefficient (Wildman–Crippen LogP) is 1.94. The summed E-state index contributed by atoms with van der Waals surface area (Å²) < 4.78 is 6.10. The molecule has 4 rings (SSSR count). The van der Waals surface area contributed by atoms with Crippen LogP contribution >= 0.6 is 0 Å². The Bertz CT molecular complexity index is 676. The van der Waals surface area contributed by atoms with Crippen LogP contribution in [0.2, 0.25) is 0 Å². The van der Waals surface area contributed by atoms with Crippen molar-refractivity contribution in [2.24, 2.45) is 11.8 Å². The number of piperidine rings is 1. The Morgan fingerprint density at radius 3 is 2.93 bits per heavy atom. The van der Waals surface area contributed by atoms with Gasteiger partial charge in [0, 0.05) is 38.1 Å². The fourth-order valence-corrected chi connectivity index (χ4v) is 4.82. The molecule has 1 aliphatic carbocycles. The van der Waals surface area contributed by atoms with Crippen molar-refractivity contribution < 1.29 is 9.53 Å². The first-order valence-electron chi connectivity index (χ1n) is 10.5. The minimum Gasteiger partial charge on any atom is -0.493 e. The molecule has 0 radical (unpaired) electrons. The average Bonchev–Trinajstić information content (AvgIpc) is 3.35. The van der Waals surface area contributed by atoms with Crippen LogP contribution < -0.4 is 10.1 Å². The number of benzene rings is 1. The molecule has 27 heavy (non-hydrogen) atoms. The molecule has 3 atom stereocenters. The second kappa shape index (κ2) is 8.19. The molecule has 1 amide bonds. The SMILES string of the molecule is CN(C)[C@H]1CCN(C(=O)[C@H]2CNC[C@@H](COc3ccc4c(c3)CCC4)C2)C1. The maximum atomic E-state index is 12.9. The largest absolute Gasteiger partial charge is 0.493 e. The van der Waals surface area contributed by atoms with Crippen molar-refractivity contribution in [2.75, 3.05) is 46.9 Å². The summed E-state index contributed by atoms with van der Waals surface area (Å²) in [4.78, 5) is 17.2. The maximum absolute atomic E-state index is 12.9. The lowest BCUT2D eigenvalue weighted by atomic mass is 9.90.